The van der Waals surface area contributed by atoms with E-state index in [1.54, 1.807) is 0 Å². The standard InChI is InChI=1S/C13H18ClO3PS2/c1-3-16-18(15,17-4-2)20-13-7-8-19-12-6-5-10(14)9-11(12)13/h5-6,9,13H,3-4,7-8H2,1-2H3. The molecule has 7 heteroatoms. The van der Waals surface area contributed by atoms with E-state index in [9.17, 15) is 4.57 Å². The summed E-state index contributed by atoms with van der Waals surface area (Å²) in [5.74, 6) is 1.00. The summed E-state index contributed by atoms with van der Waals surface area (Å²) in [4.78, 5) is 1.21. The quantitative estimate of drug-likeness (QED) is 0.605. The van der Waals surface area contributed by atoms with Crippen molar-refractivity contribution in [3.8, 4) is 0 Å². The Morgan fingerprint density at radius 3 is 2.75 bits per heavy atom. The molecule has 1 unspecified atom stereocenters. The van der Waals surface area contributed by atoms with Crippen molar-refractivity contribution in [3.05, 3.63) is 28.8 Å². The highest BCUT2D eigenvalue weighted by atomic mass is 35.5. The third-order valence-corrected chi connectivity index (χ3v) is 8.47. The number of hydrogen-bond acceptors (Lipinski definition) is 5. The monoisotopic (exact) mass is 352 g/mol. The van der Waals surface area contributed by atoms with Crippen LogP contribution in [0.1, 0.15) is 31.1 Å². The Balaban J connectivity index is 2.22. The summed E-state index contributed by atoms with van der Waals surface area (Å²) >= 11 is 9.20. The normalized spacial score (nSPS) is 18.9. The van der Waals surface area contributed by atoms with Crippen LogP contribution >= 0.6 is 41.5 Å². The van der Waals surface area contributed by atoms with E-state index in [-0.39, 0.29) is 5.25 Å². The first-order chi connectivity index (χ1) is 9.58. The largest absolute Gasteiger partial charge is 0.389 e. The van der Waals surface area contributed by atoms with E-state index in [0.29, 0.717) is 18.2 Å². The first-order valence-electron chi connectivity index (χ1n) is 6.57. The topological polar surface area (TPSA) is 35.5 Å². The predicted octanol–water partition coefficient (Wildman–Crippen LogP) is 5.79. The molecule has 0 N–H and O–H groups in total. The van der Waals surface area contributed by atoms with Crippen LogP contribution in [-0.4, -0.2) is 19.0 Å². The van der Waals surface area contributed by atoms with Gasteiger partial charge in [0, 0.05) is 15.2 Å². The van der Waals surface area contributed by atoms with Gasteiger partial charge in [0.15, 0.2) is 0 Å². The zero-order valence-corrected chi connectivity index (χ0v) is 14.8. The molecule has 0 saturated heterocycles. The average Bonchev–Trinajstić information content (AvgIpc) is 2.40. The lowest BCUT2D eigenvalue weighted by atomic mass is 10.1. The van der Waals surface area contributed by atoms with Crippen LogP contribution in [0.25, 0.3) is 0 Å². The van der Waals surface area contributed by atoms with Gasteiger partial charge in [0.2, 0.25) is 0 Å². The fourth-order valence-corrected chi connectivity index (χ4v) is 7.79. The van der Waals surface area contributed by atoms with E-state index >= 15 is 0 Å². The van der Waals surface area contributed by atoms with Crippen LogP contribution in [-0.2, 0) is 13.6 Å². The summed E-state index contributed by atoms with van der Waals surface area (Å²) in [6.07, 6.45) is 0.937. The molecule has 3 nitrogen and oxygen atoms in total. The van der Waals surface area contributed by atoms with Crippen molar-refractivity contribution >= 4 is 41.5 Å². The molecule has 0 radical (unpaired) electrons. The molecule has 1 heterocycles. The zero-order valence-electron chi connectivity index (χ0n) is 11.5. The molecule has 2 rings (SSSR count). The first kappa shape index (κ1) is 16.7. The minimum absolute atomic E-state index is 0.105. The molecule has 20 heavy (non-hydrogen) atoms. The SMILES string of the molecule is CCOP(=O)(OCC)SC1CCSc2ccc(Cl)cc21. The number of rotatable bonds is 6. The van der Waals surface area contributed by atoms with Gasteiger partial charge < -0.3 is 9.05 Å². The van der Waals surface area contributed by atoms with Gasteiger partial charge in [0.25, 0.3) is 0 Å². The second-order valence-electron chi connectivity index (χ2n) is 4.20. The average molecular weight is 353 g/mol. The van der Waals surface area contributed by atoms with Gasteiger partial charge in [-0.05, 0) is 61.2 Å². The summed E-state index contributed by atoms with van der Waals surface area (Å²) < 4.78 is 23.4. The third-order valence-electron chi connectivity index (χ3n) is 2.79. The van der Waals surface area contributed by atoms with Gasteiger partial charge in [-0.1, -0.05) is 11.6 Å². The minimum Gasteiger partial charge on any atom is -0.301 e. The van der Waals surface area contributed by atoms with E-state index in [0.717, 1.165) is 17.7 Å². The van der Waals surface area contributed by atoms with E-state index in [1.165, 1.54) is 16.3 Å². The zero-order chi connectivity index (χ0) is 14.6. The van der Waals surface area contributed by atoms with Crippen molar-refractivity contribution in [3.63, 3.8) is 0 Å². The fraction of sp³-hybridized carbons (Fsp3) is 0.538. The van der Waals surface area contributed by atoms with Crippen LogP contribution in [0.15, 0.2) is 23.1 Å². The molecule has 0 fully saturated rings. The molecular weight excluding hydrogens is 335 g/mol. The maximum absolute atomic E-state index is 12.7. The molecule has 0 amide bonds. The molecule has 112 valence electrons. The smallest absolute Gasteiger partial charge is 0.301 e. The summed E-state index contributed by atoms with van der Waals surface area (Å²) in [6, 6.07) is 5.88. The van der Waals surface area contributed by atoms with Crippen molar-refractivity contribution in [2.45, 2.75) is 30.4 Å². The number of fused-ring (bicyclic) bond motifs is 1. The number of thioether (sulfide) groups is 1. The molecule has 0 bridgehead atoms. The lowest BCUT2D eigenvalue weighted by Crippen LogP contribution is -2.05. The Hall–Kier alpha value is 0.360. The molecule has 1 aromatic carbocycles. The highest BCUT2D eigenvalue weighted by Gasteiger charge is 2.33. The van der Waals surface area contributed by atoms with Crippen LogP contribution in [0.3, 0.4) is 0 Å². The van der Waals surface area contributed by atoms with Crippen LogP contribution in [0.2, 0.25) is 5.02 Å². The molecule has 1 aromatic rings. The summed E-state index contributed by atoms with van der Waals surface area (Å²) in [7, 11) is 0. The van der Waals surface area contributed by atoms with Crippen molar-refractivity contribution in [2.24, 2.45) is 0 Å². The number of hydrogen-bond donors (Lipinski definition) is 0. The molecule has 0 aromatic heterocycles. The van der Waals surface area contributed by atoms with Crippen molar-refractivity contribution in [1.29, 1.82) is 0 Å². The van der Waals surface area contributed by atoms with Crippen LogP contribution < -0.4 is 0 Å². The molecule has 1 atom stereocenters. The number of benzene rings is 1. The van der Waals surface area contributed by atoms with Crippen molar-refractivity contribution in [1.82, 2.24) is 0 Å². The van der Waals surface area contributed by atoms with E-state index in [4.69, 9.17) is 20.6 Å². The maximum atomic E-state index is 12.7. The van der Waals surface area contributed by atoms with Gasteiger partial charge in [-0.25, -0.2) is 4.57 Å². The summed E-state index contributed by atoms with van der Waals surface area (Å²) in [5.41, 5.74) is 1.14. The van der Waals surface area contributed by atoms with Gasteiger partial charge in [0.1, 0.15) is 0 Å². The summed E-state index contributed by atoms with van der Waals surface area (Å²) in [5, 5.41) is 0.813. The second kappa shape index (κ2) is 7.57. The van der Waals surface area contributed by atoms with Crippen molar-refractivity contribution in [2.75, 3.05) is 19.0 Å². The molecule has 0 aliphatic carbocycles. The Morgan fingerprint density at radius 2 is 2.10 bits per heavy atom. The molecule has 1 aliphatic heterocycles. The van der Waals surface area contributed by atoms with Gasteiger partial charge in [0.05, 0.1) is 13.2 Å². The minimum atomic E-state index is -3.09. The highest BCUT2D eigenvalue weighted by Crippen LogP contribution is 2.67. The molecule has 1 aliphatic rings. The first-order valence-corrected chi connectivity index (χ1v) is 11.0. The Kier molecular flexibility index (Phi) is 6.33. The molecule has 0 saturated carbocycles. The van der Waals surface area contributed by atoms with Gasteiger partial charge in [-0.15, -0.1) is 11.8 Å². The lowest BCUT2D eigenvalue weighted by Gasteiger charge is -2.27. The Bertz CT molecular complexity index is 502. The van der Waals surface area contributed by atoms with E-state index in [2.05, 4.69) is 0 Å². The summed E-state index contributed by atoms with van der Waals surface area (Å²) in [6.45, 7) is 1.33. The van der Waals surface area contributed by atoms with Crippen LogP contribution in [0, 0.1) is 0 Å². The van der Waals surface area contributed by atoms with E-state index in [1.807, 2.05) is 43.8 Å². The highest BCUT2D eigenvalue weighted by molar-refractivity contribution is 8.55. The predicted molar refractivity (Wildman–Crippen MR) is 88.0 cm³/mol. The molecule has 0 spiro atoms. The van der Waals surface area contributed by atoms with Gasteiger partial charge in [-0.2, -0.15) is 0 Å². The Labute approximate surface area is 133 Å². The maximum Gasteiger partial charge on any atom is 0.389 e. The van der Waals surface area contributed by atoms with Crippen molar-refractivity contribution < 1.29 is 13.6 Å². The molecular formula is C13H18ClO3PS2. The van der Waals surface area contributed by atoms with E-state index < -0.39 is 6.80 Å². The van der Waals surface area contributed by atoms with Crippen LogP contribution in [0.4, 0.5) is 0 Å². The van der Waals surface area contributed by atoms with Crippen LogP contribution in [0.5, 0.6) is 0 Å². The fourth-order valence-electron chi connectivity index (χ4n) is 2.01. The third kappa shape index (κ3) is 4.19. The lowest BCUT2D eigenvalue weighted by molar-refractivity contribution is 0.236. The van der Waals surface area contributed by atoms with Gasteiger partial charge >= 0.3 is 6.80 Å². The van der Waals surface area contributed by atoms with Gasteiger partial charge in [-0.3, -0.25) is 0 Å². The number of halogens is 1. The Morgan fingerprint density at radius 1 is 1.40 bits per heavy atom. The second-order valence-corrected chi connectivity index (χ2v) is 9.93.